The Morgan fingerprint density at radius 1 is 1.04 bits per heavy atom. The highest BCUT2D eigenvalue weighted by Crippen LogP contribution is 2.40. The quantitative estimate of drug-likeness (QED) is 0.211. The molecule has 0 N–H and O–H groups in total. The molecule has 4 aromatic rings. The van der Waals surface area contributed by atoms with Crippen molar-refractivity contribution in [3.05, 3.63) is 76.7 Å². The number of carbonyl (C=O) groups excluding carboxylic acids is 1. The van der Waals surface area contributed by atoms with Crippen LogP contribution in [-0.4, -0.2) is 68.7 Å². The molecule has 2 bridgehead atoms. The predicted octanol–water partition coefficient (Wildman–Crippen LogP) is 5.51. The third kappa shape index (κ3) is 5.65. The van der Waals surface area contributed by atoms with Gasteiger partial charge in [-0.2, -0.15) is 18.2 Å². The number of anilines is 1. The highest BCUT2D eigenvalue weighted by molar-refractivity contribution is 5.92. The van der Waals surface area contributed by atoms with E-state index in [0.717, 1.165) is 24.3 Å². The molecule has 0 radical (unpaired) electrons. The number of carbonyl (C=O) groups is 1. The van der Waals surface area contributed by atoms with Crippen LogP contribution in [-0.2, 0) is 11.0 Å². The van der Waals surface area contributed by atoms with Crippen LogP contribution in [0.5, 0.6) is 11.5 Å². The summed E-state index contributed by atoms with van der Waals surface area (Å²) in [6.45, 7) is 11.4. The molecule has 14 heteroatoms. The maximum Gasteiger partial charge on any atom is 0.416 e. The smallest absolute Gasteiger partial charge is 0.416 e. The van der Waals surface area contributed by atoms with Crippen LogP contribution in [0, 0.1) is 5.82 Å². The van der Waals surface area contributed by atoms with Gasteiger partial charge >= 0.3 is 11.9 Å². The number of piperazine rings is 1. The molecular weight excluding hydrogens is 620 g/mol. The molecule has 0 saturated carbocycles. The van der Waals surface area contributed by atoms with Crippen molar-refractivity contribution in [2.24, 2.45) is 0 Å². The minimum absolute atomic E-state index is 0.0422. The molecule has 2 atom stereocenters. The molecule has 10 nitrogen and oxygen atoms in total. The third-order valence-corrected chi connectivity index (χ3v) is 8.36. The van der Waals surface area contributed by atoms with Gasteiger partial charge in [0.05, 0.1) is 16.6 Å². The van der Waals surface area contributed by atoms with Gasteiger partial charge in [-0.15, -0.1) is 0 Å². The van der Waals surface area contributed by atoms with Crippen molar-refractivity contribution in [3.63, 3.8) is 0 Å². The first-order valence-corrected chi connectivity index (χ1v) is 15.1. The van der Waals surface area contributed by atoms with Crippen molar-refractivity contribution in [1.82, 2.24) is 24.4 Å². The minimum atomic E-state index is -4.73. The largest absolute Gasteiger partial charge is 0.489 e. The van der Waals surface area contributed by atoms with Gasteiger partial charge in [-0.1, -0.05) is 20.4 Å². The van der Waals surface area contributed by atoms with Crippen LogP contribution in [0.1, 0.15) is 44.9 Å². The molecule has 0 aliphatic carbocycles. The van der Waals surface area contributed by atoms with E-state index in [1.165, 1.54) is 16.8 Å². The molecule has 1 saturated heterocycles. The van der Waals surface area contributed by atoms with E-state index in [4.69, 9.17) is 9.47 Å². The van der Waals surface area contributed by atoms with Crippen molar-refractivity contribution in [2.45, 2.75) is 51.9 Å². The summed E-state index contributed by atoms with van der Waals surface area (Å²) >= 11 is 0. The first kappa shape index (κ1) is 32.0. The number of ether oxygens (including phenoxy) is 2. The number of aromatic nitrogens is 4. The Labute approximate surface area is 267 Å². The van der Waals surface area contributed by atoms with Crippen LogP contribution in [0.2, 0.25) is 0 Å². The lowest BCUT2D eigenvalue weighted by molar-refractivity contribution is -0.137. The number of nitrogens with zero attached hydrogens (tertiary/aromatic N) is 6. The number of hydrogen-bond donors (Lipinski definition) is 0. The molecular formula is C33H32F4N6O4. The van der Waals surface area contributed by atoms with Crippen LogP contribution >= 0.6 is 0 Å². The Kier molecular flexibility index (Phi) is 8.14. The molecule has 3 aromatic heterocycles. The van der Waals surface area contributed by atoms with E-state index in [0.29, 0.717) is 5.69 Å². The van der Waals surface area contributed by atoms with E-state index in [2.05, 4.69) is 21.5 Å². The van der Waals surface area contributed by atoms with Gasteiger partial charge in [0.25, 0.3) is 0 Å². The molecule has 1 aromatic carbocycles. The number of fused-ring (bicyclic) bond motifs is 5. The number of benzene rings is 1. The van der Waals surface area contributed by atoms with Gasteiger partial charge < -0.3 is 19.3 Å². The molecule has 0 spiro atoms. The van der Waals surface area contributed by atoms with E-state index < -0.39 is 28.9 Å². The molecule has 1 fully saturated rings. The zero-order valence-electron chi connectivity index (χ0n) is 26.1. The Balaban J connectivity index is 1.69. The summed E-state index contributed by atoms with van der Waals surface area (Å²) in [7, 11) is 0. The van der Waals surface area contributed by atoms with Gasteiger partial charge in [-0.3, -0.25) is 9.78 Å². The molecule has 2 aliphatic rings. The zero-order valence-corrected chi connectivity index (χ0v) is 26.1. The molecule has 246 valence electrons. The Hall–Kier alpha value is -5.01. The maximum absolute atomic E-state index is 16.3. The topological polar surface area (TPSA) is 103 Å². The number of halogens is 4. The van der Waals surface area contributed by atoms with E-state index in [-0.39, 0.29) is 89.8 Å². The Morgan fingerprint density at radius 2 is 1.77 bits per heavy atom. The SMILES string of the molecule is C=CC(=O)N1C[C@H](C)N(c2nc(=O)n3c4nc(c(F)cc24)-c2cc(C(F)(F)F)ccc2OCCOc2ccnc(C(C)C)c2-3)C[C@H]1C. The number of pyridine rings is 2. The second kappa shape index (κ2) is 12.0. The minimum Gasteiger partial charge on any atom is -0.489 e. The summed E-state index contributed by atoms with van der Waals surface area (Å²) in [6.07, 6.45) is -1.96. The molecule has 5 heterocycles. The molecule has 47 heavy (non-hydrogen) atoms. The van der Waals surface area contributed by atoms with Crippen LogP contribution < -0.4 is 20.1 Å². The zero-order chi connectivity index (χ0) is 33.8. The number of hydrogen-bond acceptors (Lipinski definition) is 8. The summed E-state index contributed by atoms with van der Waals surface area (Å²) in [6, 6.07) is 4.75. The lowest BCUT2D eigenvalue weighted by atomic mass is 10.0. The van der Waals surface area contributed by atoms with Gasteiger partial charge in [-0.25, -0.2) is 18.7 Å². The van der Waals surface area contributed by atoms with Crippen LogP contribution in [0.15, 0.2) is 54.0 Å². The summed E-state index contributed by atoms with van der Waals surface area (Å²) < 4.78 is 70.9. The summed E-state index contributed by atoms with van der Waals surface area (Å²) in [5.41, 5.74) is -1.86. The lowest BCUT2D eigenvalue weighted by Crippen LogP contribution is -2.58. The summed E-state index contributed by atoms with van der Waals surface area (Å²) in [5, 5.41) is 0.129. The van der Waals surface area contributed by atoms with E-state index >= 15 is 4.39 Å². The van der Waals surface area contributed by atoms with Gasteiger partial charge in [0, 0.05) is 43.0 Å². The van der Waals surface area contributed by atoms with Gasteiger partial charge in [0.15, 0.2) is 11.5 Å². The van der Waals surface area contributed by atoms with Crippen molar-refractivity contribution in [2.75, 3.05) is 31.2 Å². The van der Waals surface area contributed by atoms with E-state index in [1.807, 2.05) is 27.7 Å². The van der Waals surface area contributed by atoms with Gasteiger partial charge in [0.2, 0.25) is 5.91 Å². The Morgan fingerprint density at radius 3 is 2.45 bits per heavy atom. The van der Waals surface area contributed by atoms with Crippen LogP contribution in [0.25, 0.3) is 28.0 Å². The van der Waals surface area contributed by atoms with Gasteiger partial charge in [0.1, 0.15) is 41.9 Å². The number of amides is 1. The van der Waals surface area contributed by atoms with Gasteiger partial charge in [-0.05, 0) is 50.1 Å². The normalized spacial score (nSPS) is 18.1. The predicted molar refractivity (Wildman–Crippen MR) is 167 cm³/mol. The highest BCUT2D eigenvalue weighted by atomic mass is 19.4. The third-order valence-electron chi connectivity index (χ3n) is 8.36. The fourth-order valence-electron chi connectivity index (χ4n) is 6.10. The van der Waals surface area contributed by atoms with Crippen molar-refractivity contribution < 1.29 is 31.8 Å². The van der Waals surface area contributed by atoms with E-state index in [1.54, 1.807) is 15.9 Å². The average molecular weight is 653 g/mol. The molecule has 0 unspecified atom stereocenters. The standard InChI is InChI=1S/C33H32F4N6O4/c1-6-26(44)41-15-19(5)42(16-18(41)4)30-22-14-23(34)28-21-13-20(33(35,36)37)7-8-24(21)46-11-12-47-25-9-10-38-27(17(2)3)29(25)43(31(22)39-28)32(45)40-30/h6-10,13-14,17-19H,1,11-12,15-16H2,2-5H3/t18-,19+/m1/s1. The molecule has 2 aliphatic heterocycles. The van der Waals surface area contributed by atoms with Crippen LogP contribution in [0.3, 0.4) is 0 Å². The molecule has 1 amide bonds. The first-order chi connectivity index (χ1) is 22.3. The maximum atomic E-state index is 16.3. The summed E-state index contributed by atoms with van der Waals surface area (Å²) in [4.78, 5) is 43.7. The number of alkyl halides is 3. The fourth-order valence-corrected chi connectivity index (χ4v) is 6.10. The summed E-state index contributed by atoms with van der Waals surface area (Å²) in [5.74, 6) is -1.07. The second-order valence-electron chi connectivity index (χ2n) is 11.9. The van der Waals surface area contributed by atoms with Crippen molar-refractivity contribution >= 4 is 22.8 Å². The fraction of sp³-hybridized carbons (Fsp3) is 0.364. The molecule has 6 rings (SSSR count). The number of rotatable bonds is 3. The second-order valence-corrected chi connectivity index (χ2v) is 11.9. The van der Waals surface area contributed by atoms with Crippen LogP contribution in [0.4, 0.5) is 23.4 Å². The lowest BCUT2D eigenvalue weighted by Gasteiger charge is -2.44. The highest BCUT2D eigenvalue weighted by Gasteiger charge is 2.35. The van der Waals surface area contributed by atoms with E-state index in [9.17, 15) is 22.8 Å². The Bertz CT molecular complexity index is 1960. The van der Waals surface area contributed by atoms with Crippen molar-refractivity contribution in [3.8, 4) is 28.4 Å². The first-order valence-electron chi connectivity index (χ1n) is 15.1. The van der Waals surface area contributed by atoms with Crippen molar-refractivity contribution in [1.29, 1.82) is 0 Å². The monoisotopic (exact) mass is 652 g/mol. The average Bonchev–Trinajstić information content (AvgIpc) is 3.02.